The minimum absolute atomic E-state index is 0.114. The van der Waals surface area contributed by atoms with Gasteiger partial charge in [0.05, 0.1) is 11.7 Å². The lowest BCUT2D eigenvalue weighted by molar-refractivity contribution is 0.0975. The maximum Gasteiger partial charge on any atom is 0.257 e. The average molecular weight is 418 g/mol. The molecule has 1 heterocycles. The zero-order chi connectivity index (χ0) is 20.3. The van der Waals surface area contributed by atoms with Gasteiger partial charge >= 0.3 is 0 Å². The van der Waals surface area contributed by atoms with Crippen molar-refractivity contribution < 1.29 is 14.3 Å². The van der Waals surface area contributed by atoms with E-state index in [-0.39, 0.29) is 17.1 Å². The molecular formula is C20H23N3O3S2. The van der Waals surface area contributed by atoms with Gasteiger partial charge in [0, 0.05) is 10.4 Å². The van der Waals surface area contributed by atoms with E-state index in [1.807, 2.05) is 13.8 Å². The first-order valence-corrected chi connectivity index (χ1v) is 10.4. The number of amides is 2. The summed E-state index contributed by atoms with van der Waals surface area (Å²) in [6.45, 7) is 4.04. The lowest BCUT2D eigenvalue weighted by Crippen LogP contribution is -2.34. The van der Waals surface area contributed by atoms with Gasteiger partial charge in [-0.25, -0.2) is 0 Å². The molecule has 0 radical (unpaired) electrons. The van der Waals surface area contributed by atoms with E-state index in [0.29, 0.717) is 21.9 Å². The van der Waals surface area contributed by atoms with Gasteiger partial charge in [0.25, 0.3) is 11.8 Å². The highest BCUT2D eigenvalue weighted by molar-refractivity contribution is 7.80. The molecule has 0 bridgehead atoms. The predicted molar refractivity (Wildman–Crippen MR) is 115 cm³/mol. The Bertz CT molecular complexity index is 906. The van der Waals surface area contributed by atoms with E-state index in [9.17, 15) is 9.59 Å². The number of hydrogen-bond acceptors (Lipinski definition) is 5. The first-order valence-electron chi connectivity index (χ1n) is 9.22. The van der Waals surface area contributed by atoms with Crippen molar-refractivity contribution in [1.29, 1.82) is 0 Å². The van der Waals surface area contributed by atoms with Gasteiger partial charge in [-0.1, -0.05) is 6.92 Å². The molecular weight excluding hydrogens is 394 g/mol. The van der Waals surface area contributed by atoms with Crippen molar-refractivity contribution in [3.8, 4) is 5.75 Å². The van der Waals surface area contributed by atoms with Crippen molar-refractivity contribution in [2.75, 3.05) is 5.32 Å². The molecule has 2 aromatic rings. The minimum Gasteiger partial charge on any atom is -0.491 e. The molecule has 148 valence electrons. The molecule has 3 rings (SSSR count). The summed E-state index contributed by atoms with van der Waals surface area (Å²) >= 11 is 6.72. The number of primary amides is 1. The predicted octanol–water partition coefficient (Wildman–Crippen LogP) is 3.64. The SMILES string of the molecule is CC[C@@H](C)Oc1ccc(C(=O)NC(=S)Nc2sc3c(c2C(N)=O)CCC3)cc1. The Morgan fingerprint density at radius 3 is 2.64 bits per heavy atom. The number of thiophene rings is 1. The van der Waals surface area contributed by atoms with Crippen molar-refractivity contribution >= 4 is 45.5 Å². The first kappa shape index (κ1) is 20.3. The first-order chi connectivity index (χ1) is 13.4. The van der Waals surface area contributed by atoms with Crippen molar-refractivity contribution in [2.24, 2.45) is 5.73 Å². The van der Waals surface area contributed by atoms with Crippen LogP contribution in [0.25, 0.3) is 0 Å². The van der Waals surface area contributed by atoms with Crippen LogP contribution in [-0.2, 0) is 12.8 Å². The van der Waals surface area contributed by atoms with E-state index in [2.05, 4.69) is 10.6 Å². The normalized spacial score (nSPS) is 13.5. The summed E-state index contributed by atoms with van der Waals surface area (Å²) in [5, 5.41) is 6.33. The molecule has 1 aromatic carbocycles. The third-order valence-electron chi connectivity index (χ3n) is 4.65. The van der Waals surface area contributed by atoms with Gasteiger partial charge in [-0.15, -0.1) is 11.3 Å². The van der Waals surface area contributed by atoms with Crippen LogP contribution in [-0.4, -0.2) is 23.0 Å². The maximum absolute atomic E-state index is 12.4. The molecule has 28 heavy (non-hydrogen) atoms. The Kier molecular flexibility index (Phi) is 6.31. The number of nitrogens with two attached hydrogens (primary N) is 1. The standard InChI is InChI=1S/C20H23N3O3S2/c1-3-11(2)26-13-9-7-12(8-10-13)18(25)22-20(27)23-19-16(17(21)24)14-5-4-6-15(14)28-19/h7-11H,3-6H2,1-2H3,(H2,21,24)(H2,22,23,25,27)/t11-/m1/s1. The Morgan fingerprint density at radius 1 is 1.29 bits per heavy atom. The summed E-state index contributed by atoms with van der Waals surface area (Å²) in [5.41, 5.74) is 7.50. The highest BCUT2D eigenvalue weighted by atomic mass is 32.1. The second-order valence-electron chi connectivity index (χ2n) is 6.70. The number of nitrogens with one attached hydrogen (secondary N) is 2. The number of benzene rings is 1. The number of ether oxygens (including phenoxy) is 1. The molecule has 6 nitrogen and oxygen atoms in total. The van der Waals surface area contributed by atoms with Gasteiger partial charge in [-0.05, 0) is 74.7 Å². The minimum atomic E-state index is -0.479. The van der Waals surface area contributed by atoms with E-state index in [1.54, 1.807) is 24.3 Å². The zero-order valence-corrected chi connectivity index (χ0v) is 17.5. The second kappa shape index (κ2) is 8.70. The van der Waals surface area contributed by atoms with Crippen molar-refractivity contribution in [1.82, 2.24) is 5.32 Å². The summed E-state index contributed by atoms with van der Waals surface area (Å²) in [6, 6.07) is 6.88. The van der Waals surface area contributed by atoms with Crippen LogP contribution < -0.4 is 21.1 Å². The van der Waals surface area contributed by atoms with Crippen LogP contribution in [0.1, 0.15) is 57.8 Å². The summed E-state index contributed by atoms with van der Waals surface area (Å²) in [5.74, 6) is -0.101. The van der Waals surface area contributed by atoms with Gasteiger partial charge in [0.1, 0.15) is 10.8 Å². The molecule has 8 heteroatoms. The molecule has 4 N–H and O–H groups in total. The fourth-order valence-corrected chi connectivity index (χ4v) is 4.62. The molecule has 0 spiro atoms. The number of carbonyl (C=O) groups excluding carboxylic acids is 2. The zero-order valence-electron chi connectivity index (χ0n) is 15.8. The highest BCUT2D eigenvalue weighted by Crippen LogP contribution is 2.38. The molecule has 0 aliphatic heterocycles. The van der Waals surface area contributed by atoms with Crippen LogP contribution in [0, 0.1) is 0 Å². The number of aryl methyl sites for hydroxylation is 1. The average Bonchev–Trinajstić information content (AvgIpc) is 3.22. The van der Waals surface area contributed by atoms with E-state index >= 15 is 0 Å². The topological polar surface area (TPSA) is 93.4 Å². The number of hydrogen-bond donors (Lipinski definition) is 3. The second-order valence-corrected chi connectivity index (χ2v) is 8.21. The van der Waals surface area contributed by atoms with Crippen molar-refractivity contribution in [3.63, 3.8) is 0 Å². The van der Waals surface area contributed by atoms with Gasteiger partial charge in [0.2, 0.25) is 0 Å². The molecule has 0 saturated heterocycles. The Morgan fingerprint density at radius 2 is 2.00 bits per heavy atom. The summed E-state index contributed by atoms with van der Waals surface area (Å²) in [4.78, 5) is 25.4. The summed E-state index contributed by atoms with van der Waals surface area (Å²) in [6.07, 6.45) is 3.83. The van der Waals surface area contributed by atoms with Gasteiger partial charge < -0.3 is 15.8 Å². The van der Waals surface area contributed by atoms with Gasteiger partial charge in [-0.2, -0.15) is 0 Å². The Labute approximate surface area is 173 Å². The molecule has 1 aromatic heterocycles. The lowest BCUT2D eigenvalue weighted by atomic mass is 10.1. The van der Waals surface area contributed by atoms with Crippen LogP contribution in [0.3, 0.4) is 0 Å². The van der Waals surface area contributed by atoms with E-state index in [0.717, 1.165) is 36.1 Å². The van der Waals surface area contributed by atoms with E-state index in [1.165, 1.54) is 11.3 Å². The van der Waals surface area contributed by atoms with E-state index < -0.39 is 5.91 Å². The number of carbonyl (C=O) groups is 2. The van der Waals surface area contributed by atoms with Crippen LogP contribution >= 0.6 is 23.6 Å². The maximum atomic E-state index is 12.4. The highest BCUT2D eigenvalue weighted by Gasteiger charge is 2.25. The van der Waals surface area contributed by atoms with Crippen LogP contribution in [0.2, 0.25) is 0 Å². The lowest BCUT2D eigenvalue weighted by Gasteiger charge is -2.13. The third kappa shape index (κ3) is 4.51. The number of fused-ring (bicyclic) bond motifs is 1. The van der Waals surface area contributed by atoms with Crippen LogP contribution in [0.5, 0.6) is 5.75 Å². The van der Waals surface area contributed by atoms with Crippen LogP contribution in [0.4, 0.5) is 5.00 Å². The molecule has 0 saturated carbocycles. The van der Waals surface area contributed by atoms with E-state index in [4.69, 9.17) is 22.7 Å². The smallest absolute Gasteiger partial charge is 0.257 e. The van der Waals surface area contributed by atoms with Gasteiger partial charge in [0.15, 0.2) is 5.11 Å². The number of thiocarbonyl (C=S) groups is 1. The van der Waals surface area contributed by atoms with Crippen LogP contribution in [0.15, 0.2) is 24.3 Å². The fourth-order valence-electron chi connectivity index (χ4n) is 3.06. The number of rotatable bonds is 6. The molecule has 1 atom stereocenters. The molecule has 1 aliphatic rings. The largest absolute Gasteiger partial charge is 0.491 e. The molecule has 2 amide bonds. The molecule has 0 fully saturated rings. The summed E-state index contributed by atoms with van der Waals surface area (Å²) in [7, 11) is 0. The third-order valence-corrected chi connectivity index (χ3v) is 6.06. The fraction of sp³-hybridized carbons (Fsp3) is 0.350. The Hall–Kier alpha value is -2.45. The summed E-state index contributed by atoms with van der Waals surface area (Å²) < 4.78 is 5.71. The van der Waals surface area contributed by atoms with Crippen molar-refractivity contribution in [2.45, 2.75) is 45.6 Å². The number of anilines is 1. The quantitative estimate of drug-likeness (QED) is 0.624. The van der Waals surface area contributed by atoms with Crippen molar-refractivity contribution in [3.05, 3.63) is 45.8 Å². The monoisotopic (exact) mass is 417 g/mol. The van der Waals surface area contributed by atoms with Gasteiger partial charge in [-0.3, -0.25) is 14.9 Å². The Balaban J connectivity index is 1.64. The molecule has 1 aliphatic carbocycles. The molecule has 0 unspecified atom stereocenters.